The van der Waals surface area contributed by atoms with Crippen molar-refractivity contribution in [2.45, 2.75) is 26.3 Å². The van der Waals surface area contributed by atoms with Gasteiger partial charge in [-0.25, -0.2) is 0 Å². The highest BCUT2D eigenvalue weighted by Crippen LogP contribution is 2.35. The number of rotatable bonds is 7. The third-order valence-electron chi connectivity index (χ3n) is 3.13. The molecule has 0 aromatic heterocycles. The Morgan fingerprint density at radius 1 is 1.25 bits per heavy atom. The van der Waals surface area contributed by atoms with Gasteiger partial charge in [-0.3, -0.25) is 4.79 Å². The van der Waals surface area contributed by atoms with Gasteiger partial charge in [0.15, 0.2) is 0 Å². The second kappa shape index (κ2) is 7.75. The van der Waals surface area contributed by atoms with E-state index in [0.717, 1.165) is 5.56 Å². The summed E-state index contributed by atoms with van der Waals surface area (Å²) in [5.41, 5.74) is 6.99. The van der Waals surface area contributed by atoms with Gasteiger partial charge in [-0.1, -0.05) is 13.0 Å². The van der Waals surface area contributed by atoms with Crippen LogP contribution >= 0.6 is 0 Å². The summed E-state index contributed by atoms with van der Waals surface area (Å²) in [7, 11) is 3.17. The molecule has 0 fully saturated rings. The van der Waals surface area contributed by atoms with Crippen LogP contribution in [-0.4, -0.2) is 26.8 Å². The number of esters is 1. The fourth-order valence-electron chi connectivity index (χ4n) is 2.12. The van der Waals surface area contributed by atoms with Crippen LogP contribution in [0.25, 0.3) is 0 Å². The molecule has 112 valence electrons. The van der Waals surface area contributed by atoms with Crippen molar-refractivity contribution >= 4 is 5.97 Å². The monoisotopic (exact) mass is 281 g/mol. The van der Waals surface area contributed by atoms with Crippen LogP contribution in [0.3, 0.4) is 0 Å². The van der Waals surface area contributed by atoms with Crippen molar-refractivity contribution in [3.63, 3.8) is 0 Å². The predicted molar refractivity (Wildman–Crippen MR) is 76.9 cm³/mol. The van der Waals surface area contributed by atoms with Crippen LogP contribution in [-0.2, 0) is 9.53 Å². The van der Waals surface area contributed by atoms with Gasteiger partial charge in [0.2, 0.25) is 0 Å². The van der Waals surface area contributed by atoms with E-state index in [2.05, 4.69) is 0 Å². The summed E-state index contributed by atoms with van der Waals surface area (Å²) < 4.78 is 15.6. The molecule has 2 N–H and O–H groups in total. The number of carbonyl (C=O) groups excluding carboxylic acids is 1. The van der Waals surface area contributed by atoms with Crippen molar-refractivity contribution in [2.24, 2.45) is 11.7 Å². The zero-order valence-electron chi connectivity index (χ0n) is 12.5. The Morgan fingerprint density at radius 3 is 2.25 bits per heavy atom. The molecule has 1 aromatic carbocycles. The molecule has 0 bridgehead atoms. The van der Waals surface area contributed by atoms with Gasteiger partial charge < -0.3 is 19.9 Å². The first-order valence-corrected chi connectivity index (χ1v) is 6.68. The number of benzene rings is 1. The zero-order chi connectivity index (χ0) is 15.1. The van der Waals surface area contributed by atoms with E-state index in [1.165, 1.54) is 0 Å². The normalized spacial score (nSPS) is 13.4. The Bertz CT molecular complexity index is 425. The molecule has 0 saturated heterocycles. The summed E-state index contributed by atoms with van der Waals surface area (Å²) in [4.78, 5) is 11.7. The number of hydrogen-bond donors (Lipinski definition) is 1. The molecular weight excluding hydrogens is 258 g/mol. The Morgan fingerprint density at radius 2 is 1.80 bits per heavy atom. The van der Waals surface area contributed by atoms with Crippen LogP contribution in [0, 0.1) is 5.92 Å². The maximum atomic E-state index is 11.7. The van der Waals surface area contributed by atoms with Gasteiger partial charge in [-0.2, -0.15) is 0 Å². The SMILES string of the molecule is CCOC(=O)[C@@H](C)C[C@@H](N)c1c(OC)cccc1OC. The van der Waals surface area contributed by atoms with Crippen molar-refractivity contribution < 1.29 is 19.0 Å². The van der Waals surface area contributed by atoms with Crippen molar-refractivity contribution in [1.82, 2.24) is 0 Å². The quantitative estimate of drug-likeness (QED) is 0.776. The van der Waals surface area contributed by atoms with Gasteiger partial charge in [0.1, 0.15) is 11.5 Å². The summed E-state index contributed by atoms with van der Waals surface area (Å²) in [6.07, 6.45) is 0.468. The summed E-state index contributed by atoms with van der Waals surface area (Å²) >= 11 is 0. The molecule has 0 radical (unpaired) electrons. The first-order valence-electron chi connectivity index (χ1n) is 6.68. The summed E-state index contributed by atoms with van der Waals surface area (Å²) in [6.45, 7) is 3.96. The minimum Gasteiger partial charge on any atom is -0.496 e. The van der Waals surface area contributed by atoms with E-state index in [1.807, 2.05) is 18.2 Å². The first-order chi connectivity index (χ1) is 9.54. The molecule has 0 aliphatic heterocycles. The van der Waals surface area contributed by atoms with E-state index in [-0.39, 0.29) is 17.9 Å². The Labute approximate surface area is 120 Å². The molecule has 5 nitrogen and oxygen atoms in total. The molecule has 0 heterocycles. The van der Waals surface area contributed by atoms with E-state index < -0.39 is 0 Å². The third-order valence-corrected chi connectivity index (χ3v) is 3.13. The molecule has 0 saturated carbocycles. The second-order valence-corrected chi connectivity index (χ2v) is 4.57. The molecule has 1 aromatic rings. The highest BCUT2D eigenvalue weighted by molar-refractivity contribution is 5.72. The van der Waals surface area contributed by atoms with Crippen LogP contribution in [0.5, 0.6) is 11.5 Å². The smallest absolute Gasteiger partial charge is 0.308 e. The Hall–Kier alpha value is -1.75. The van der Waals surface area contributed by atoms with E-state index >= 15 is 0 Å². The van der Waals surface area contributed by atoms with Crippen LogP contribution in [0.4, 0.5) is 0 Å². The number of methoxy groups -OCH3 is 2. The zero-order valence-corrected chi connectivity index (χ0v) is 12.5. The molecular formula is C15H23NO4. The van der Waals surface area contributed by atoms with E-state index in [1.54, 1.807) is 28.1 Å². The highest BCUT2D eigenvalue weighted by atomic mass is 16.5. The lowest BCUT2D eigenvalue weighted by Crippen LogP contribution is -2.22. The maximum Gasteiger partial charge on any atom is 0.308 e. The Balaban J connectivity index is 2.91. The number of nitrogens with two attached hydrogens (primary N) is 1. The van der Waals surface area contributed by atoms with Gasteiger partial charge in [0.05, 0.1) is 32.3 Å². The van der Waals surface area contributed by atoms with Crippen LogP contribution in [0.1, 0.15) is 31.9 Å². The molecule has 0 unspecified atom stereocenters. The van der Waals surface area contributed by atoms with Gasteiger partial charge in [-0.05, 0) is 25.5 Å². The molecule has 0 aliphatic carbocycles. The molecule has 0 amide bonds. The van der Waals surface area contributed by atoms with Gasteiger partial charge in [0.25, 0.3) is 0 Å². The molecule has 2 atom stereocenters. The summed E-state index contributed by atoms with van der Waals surface area (Å²) in [5.74, 6) is 0.803. The number of carbonyl (C=O) groups is 1. The van der Waals surface area contributed by atoms with E-state index in [4.69, 9.17) is 19.9 Å². The van der Waals surface area contributed by atoms with E-state index in [0.29, 0.717) is 24.5 Å². The van der Waals surface area contributed by atoms with Crippen molar-refractivity contribution in [1.29, 1.82) is 0 Å². The predicted octanol–water partition coefficient (Wildman–Crippen LogP) is 2.29. The largest absolute Gasteiger partial charge is 0.496 e. The molecule has 1 rings (SSSR count). The fourth-order valence-corrected chi connectivity index (χ4v) is 2.12. The van der Waals surface area contributed by atoms with Gasteiger partial charge in [0, 0.05) is 6.04 Å². The van der Waals surface area contributed by atoms with E-state index in [9.17, 15) is 4.79 Å². The van der Waals surface area contributed by atoms with Crippen molar-refractivity contribution in [3.8, 4) is 11.5 Å². The number of hydrogen-bond acceptors (Lipinski definition) is 5. The Kier molecular flexibility index (Phi) is 6.31. The standard InChI is InChI=1S/C15H23NO4/c1-5-20-15(17)10(2)9-11(16)14-12(18-3)7-6-8-13(14)19-4/h6-8,10-11H,5,9,16H2,1-4H3/t10-,11+/m0/s1. The lowest BCUT2D eigenvalue weighted by molar-refractivity contribution is -0.147. The van der Waals surface area contributed by atoms with Crippen molar-refractivity contribution in [2.75, 3.05) is 20.8 Å². The highest BCUT2D eigenvalue weighted by Gasteiger charge is 2.23. The lowest BCUT2D eigenvalue weighted by atomic mass is 9.95. The number of ether oxygens (including phenoxy) is 3. The molecule has 0 spiro atoms. The lowest BCUT2D eigenvalue weighted by Gasteiger charge is -2.21. The topological polar surface area (TPSA) is 70.8 Å². The minimum absolute atomic E-state index is 0.239. The molecule has 5 heteroatoms. The first kappa shape index (κ1) is 16.3. The minimum atomic E-state index is -0.361. The molecule has 20 heavy (non-hydrogen) atoms. The van der Waals surface area contributed by atoms with Gasteiger partial charge in [-0.15, -0.1) is 0 Å². The van der Waals surface area contributed by atoms with Crippen LogP contribution in [0.15, 0.2) is 18.2 Å². The van der Waals surface area contributed by atoms with Crippen LogP contribution < -0.4 is 15.2 Å². The third kappa shape index (κ3) is 3.87. The average molecular weight is 281 g/mol. The molecule has 0 aliphatic rings. The summed E-state index contributed by atoms with van der Waals surface area (Å²) in [6, 6.07) is 5.13. The average Bonchev–Trinajstić information content (AvgIpc) is 2.46. The van der Waals surface area contributed by atoms with Crippen LogP contribution in [0.2, 0.25) is 0 Å². The van der Waals surface area contributed by atoms with Gasteiger partial charge >= 0.3 is 5.97 Å². The summed E-state index contributed by atoms with van der Waals surface area (Å²) in [5, 5.41) is 0. The van der Waals surface area contributed by atoms with Crippen molar-refractivity contribution in [3.05, 3.63) is 23.8 Å². The fraction of sp³-hybridized carbons (Fsp3) is 0.533. The second-order valence-electron chi connectivity index (χ2n) is 4.57. The maximum absolute atomic E-state index is 11.7.